The number of benzene rings is 1. The first kappa shape index (κ1) is 18.0. The number of amides is 1. The second-order valence-corrected chi connectivity index (χ2v) is 7.10. The van der Waals surface area contributed by atoms with Crippen LogP contribution < -0.4 is 0 Å². The number of rotatable bonds is 6. The summed E-state index contributed by atoms with van der Waals surface area (Å²) in [6.07, 6.45) is 0.412. The minimum atomic E-state index is -0.307. The van der Waals surface area contributed by atoms with Gasteiger partial charge in [-0.15, -0.1) is 11.3 Å². The summed E-state index contributed by atoms with van der Waals surface area (Å²) in [5, 5.41) is 3.20. The maximum atomic E-state index is 12.4. The van der Waals surface area contributed by atoms with Crippen LogP contribution in [0.2, 0.25) is 0 Å². The third kappa shape index (κ3) is 4.45. The van der Waals surface area contributed by atoms with Gasteiger partial charge in [0.1, 0.15) is 11.1 Å². The summed E-state index contributed by atoms with van der Waals surface area (Å²) in [5.74, 6) is 0.115. The third-order valence-electron chi connectivity index (χ3n) is 4.57. The fraction of sp³-hybridized carbons (Fsp3) is 0.474. The summed E-state index contributed by atoms with van der Waals surface area (Å²) in [6, 6.07) is 10.3. The molecule has 25 heavy (non-hydrogen) atoms. The number of carbonyl (C=O) groups is 1. The first-order chi connectivity index (χ1) is 12.2. The van der Waals surface area contributed by atoms with E-state index in [1.165, 1.54) is 5.56 Å². The van der Waals surface area contributed by atoms with Gasteiger partial charge in [-0.05, 0) is 6.42 Å². The monoisotopic (exact) mass is 359 g/mol. The van der Waals surface area contributed by atoms with Crippen molar-refractivity contribution in [2.24, 2.45) is 0 Å². The van der Waals surface area contributed by atoms with Gasteiger partial charge in [0.25, 0.3) is 5.91 Å². The van der Waals surface area contributed by atoms with Crippen LogP contribution in [0.4, 0.5) is 0 Å². The van der Waals surface area contributed by atoms with Crippen molar-refractivity contribution in [1.29, 1.82) is 0 Å². The largest absolute Gasteiger partial charge is 0.372 e. The molecule has 0 bridgehead atoms. The Labute approximate surface area is 153 Å². The summed E-state index contributed by atoms with van der Waals surface area (Å²) in [5.41, 5.74) is 2.27. The van der Waals surface area contributed by atoms with Gasteiger partial charge in [0, 0.05) is 50.8 Å². The molecule has 2 heterocycles. The van der Waals surface area contributed by atoms with Gasteiger partial charge in [-0.3, -0.25) is 9.69 Å². The molecule has 1 fully saturated rings. The summed E-state index contributed by atoms with van der Waals surface area (Å²) < 4.78 is 5.27. The SMILES string of the molecule is CCC(OC)C(=O)N1CCN(Cc2csc(-c3ccccc3)n2)CC1. The summed E-state index contributed by atoms with van der Waals surface area (Å²) >= 11 is 1.69. The van der Waals surface area contributed by atoms with Gasteiger partial charge >= 0.3 is 0 Å². The molecule has 1 saturated heterocycles. The Morgan fingerprint density at radius 2 is 1.96 bits per heavy atom. The highest BCUT2D eigenvalue weighted by Crippen LogP contribution is 2.24. The lowest BCUT2D eigenvalue weighted by Crippen LogP contribution is -2.51. The van der Waals surface area contributed by atoms with Gasteiger partial charge in [0.05, 0.1) is 5.69 Å². The van der Waals surface area contributed by atoms with E-state index >= 15 is 0 Å². The number of hydrogen-bond acceptors (Lipinski definition) is 5. The van der Waals surface area contributed by atoms with E-state index < -0.39 is 0 Å². The van der Waals surface area contributed by atoms with E-state index in [1.54, 1.807) is 18.4 Å². The molecule has 5 nitrogen and oxygen atoms in total. The van der Waals surface area contributed by atoms with Gasteiger partial charge in [0.15, 0.2) is 0 Å². The van der Waals surface area contributed by atoms with Crippen molar-refractivity contribution in [2.45, 2.75) is 26.0 Å². The fourth-order valence-corrected chi connectivity index (χ4v) is 3.91. The molecule has 1 aromatic carbocycles. The standard InChI is InChI=1S/C19H25N3O2S/c1-3-17(24-2)19(23)22-11-9-21(10-12-22)13-16-14-25-18(20-16)15-7-5-4-6-8-15/h4-8,14,17H,3,9-13H2,1-2H3. The molecule has 0 spiro atoms. The third-order valence-corrected chi connectivity index (χ3v) is 5.51. The van der Waals surface area contributed by atoms with Gasteiger partial charge < -0.3 is 9.64 Å². The molecule has 1 amide bonds. The molecule has 1 aromatic heterocycles. The first-order valence-electron chi connectivity index (χ1n) is 8.75. The van der Waals surface area contributed by atoms with Crippen molar-refractivity contribution in [3.63, 3.8) is 0 Å². The summed E-state index contributed by atoms with van der Waals surface area (Å²) in [7, 11) is 1.61. The Bertz CT molecular complexity index is 677. The number of piperazine rings is 1. The summed E-state index contributed by atoms with van der Waals surface area (Å²) in [6.45, 7) is 6.10. The molecular formula is C19H25N3O2S. The molecule has 134 valence electrons. The van der Waals surface area contributed by atoms with Crippen LogP contribution in [0.15, 0.2) is 35.7 Å². The van der Waals surface area contributed by atoms with Crippen LogP contribution in [-0.4, -0.2) is 60.1 Å². The fourth-order valence-electron chi connectivity index (χ4n) is 3.09. The smallest absolute Gasteiger partial charge is 0.251 e. The van der Waals surface area contributed by atoms with Gasteiger partial charge in [-0.1, -0.05) is 37.3 Å². The van der Waals surface area contributed by atoms with Crippen molar-refractivity contribution in [3.8, 4) is 10.6 Å². The maximum absolute atomic E-state index is 12.4. The highest BCUT2D eigenvalue weighted by atomic mass is 32.1. The Morgan fingerprint density at radius 3 is 2.60 bits per heavy atom. The van der Waals surface area contributed by atoms with Crippen LogP contribution in [0, 0.1) is 0 Å². The second-order valence-electron chi connectivity index (χ2n) is 6.24. The van der Waals surface area contributed by atoms with Crippen molar-refractivity contribution < 1.29 is 9.53 Å². The zero-order valence-corrected chi connectivity index (χ0v) is 15.7. The van der Waals surface area contributed by atoms with E-state index in [9.17, 15) is 4.79 Å². The molecule has 2 aromatic rings. The average molecular weight is 359 g/mol. The van der Waals surface area contributed by atoms with Crippen LogP contribution >= 0.6 is 11.3 Å². The predicted octanol–water partition coefficient (Wildman–Crippen LogP) is 2.88. The number of nitrogens with zero attached hydrogens (tertiary/aromatic N) is 3. The summed E-state index contributed by atoms with van der Waals surface area (Å²) in [4.78, 5) is 21.4. The Morgan fingerprint density at radius 1 is 1.24 bits per heavy atom. The van der Waals surface area contributed by atoms with Crippen LogP contribution in [0.3, 0.4) is 0 Å². The quantitative estimate of drug-likeness (QED) is 0.796. The van der Waals surface area contributed by atoms with E-state index in [-0.39, 0.29) is 12.0 Å². The molecule has 0 saturated carbocycles. The van der Waals surface area contributed by atoms with E-state index in [1.807, 2.05) is 30.0 Å². The lowest BCUT2D eigenvalue weighted by Gasteiger charge is -2.35. The van der Waals surface area contributed by atoms with Gasteiger partial charge in [-0.25, -0.2) is 4.98 Å². The zero-order valence-electron chi connectivity index (χ0n) is 14.9. The van der Waals surface area contributed by atoms with Crippen molar-refractivity contribution in [3.05, 3.63) is 41.4 Å². The number of aromatic nitrogens is 1. The molecule has 1 aliphatic rings. The van der Waals surface area contributed by atoms with Crippen molar-refractivity contribution >= 4 is 17.2 Å². The molecule has 0 aliphatic carbocycles. The van der Waals surface area contributed by atoms with Crippen LogP contribution in [0.5, 0.6) is 0 Å². The number of ether oxygens (including phenoxy) is 1. The lowest BCUT2D eigenvalue weighted by molar-refractivity contribution is -0.144. The number of carbonyl (C=O) groups excluding carboxylic acids is 1. The minimum Gasteiger partial charge on any atom is -0.372 e. The van der Waals surface area contributed by atoms with E-state index in [0.29, 0.717) is 0 Å². The number of thiazole rings is 1. The molecular weight excluding hydrogens is 334 g/mol. The molecule has 1 aliphatic heterocycles. The van der Waals surface area contributed by atoms with Crippen molar-refractivity contribution in [1.82, 2.24) is 14.8 Å². The second kappa shape index (κ2) is 8.56. The predicted molar refractivity (Wildman–Crippen MR) is 100 cm³/mol. The van der Waals surface area contributed by atoms with Crippen LogP contribution in [0.25, 0.3) is 10.6 Å². The van der Waals surface area contributed by atoms with Gasteiger partial charge in [-0.2, -0.15) is 0 Å². The van der Waals surface area contributed by atoms with Crippen molar-refractivity contribution in [2.75, 3.05) is 33.3 Å². The first-order valence-corrected chi connectivity index (χ1v) is 9.63. The normalized spacial score (nSPS) is 16.8. The molecule has 3 rings (SSSR count). The highest BCUT2D eigenvalue weighted by molar-refractivity contribution is 7.13. The lowest BCUT2D eigenvalue weighted by atomic mass is 10.2. The van der Waals surface area contributed by atoms with E-state index in [2.05, 4.69) is 22.4 Å². The highest BCUT2D eigenvalue weighted by Gasteiger charge is 2.26. The Hall–Kier alpha value is -1.76. The van der Waals surface area contributed by atoms with E-state index in [0.717, 1.165) is 49.8 Å². The topological polar surface area (TPSA) is 45.7 Å². The Kier molecular flexibility index (Phi) is 6.18. The minimum absolute atomic E-state index is 0.115. The zero-order chi connectivity index (χ0) is 17.6. The number of methoxy groups -OCH3 is 1. The molecule has 1 atom stereocenters. The molecule has 0 N–H and O–H groups in total. The van der Waals surface area contributed by atoms with E-state index in [4.69, 9.17) is 9.72 Å². The molecule has 6 heteroatoms. The maximum Gasteiger partial charge on any atom is 0.251 e. The van der Waals surface area contributed by atoms with Crippen LogP contribution in [-0.2, 0) is 16.1 Å². The molecule has 0 radical (unpaired) electrons. The number of hydrogen-bond donors (Lipinski definition) is 0. The average Bonchev–Trinajstić information content (AvgIpc) is 3.12. The molecule has 1 unspecified atom stereocenters. The Balaban J connectivity index is 1.53. The van der Waals surface area contributed by atoms with Gasteiger partial charge in [0.2, 0.25) is 0 Å². The van der Waals surface area contributed by atoms with Crippen LogP contribution in [0.1, 0.15) is 19.0 Å².